The topological polar surface area (TPSA) is 58.6 Å². The Labute approximate surface area is 127 Å². The molecule has 1 atom stereocenters. The number of nitrogens with one attached hydrogen (secondary N) is 1. The number of nitrogens with zero attached hydrogens (tertiary/aromatic N) is 1. The molecule has 1 aliphatic heterocycles. The summed E-state index contributed by atoms with van der Waals surface area (Å²) in [5.41, 5.74) is 2.70. The van der Waals surface area contributed by atoms with Gasteiger partial charge in [-0.15, -0.1) is 0 Å². The number of hydrogen-bond donors (Lipinski definition) is 1. The molecule has 1 aromatic rings. The number of rotatable bonds is 4. The van der Waals surface area contributed by atoms with Gasteiger partial charge in [0, 0.05) is 19.6 Å². The van der Waals surface area contributed by atoms with E-state index in [1.165, 1.54) is 0 Å². The second-order valence-corrected chi connectivity index (χ2v) is 7.52. The van der Waals surface area contributed by atoms with Gasteiger partial charge in [0.2, 0.25) is 10.0 Å². The second-order valence-electron chi connectivity index (χ2n) is 5.64. The normalized spacial score (nSPS) is 20.7. The average molecular weight is 312 g/mol. The number of hydrogen-bond acceptors (Lipinski definition) is 4. The van der Waals surface area contributed by atoms with Crippen LogP contribution in [0.2, 0.25) is 0 Å². The minimum atomic E-state index is -3.47. The van der Waals surface area contributed by atoms with Crippen molar-refractivity contribution >= 4 is 10.0 Å². The van der Waals surface area contributed by atoms with Crippen molar-refractivity contribution in [3.05, 3.63) is 28.8 Å². The molecule has 1 N–H and O–H groups in total. The summed E-state index contributed by atoms with van der Waals surface area (Å²) in [7, 11) is -1.63. The third kappa shape index (κ3) is 3.45. The number of likely N-dealkylation sites (N-methyl/N-ethyl adjacent to an activating group) is 1. The summed E-state index contributed by atoms with van der Waals surface area (Å²) in [5.74, 6) is 0. The molecule has 0 radical (unpaired) electrons. The molecule has 118 valence electrons. The maximum Gasteiger partial charge on any atom is 0.243 e. The lowest BCUT2D eigenvalue weighted by molar-refractivity contribution is 0.000803. The van der Waals surface area contributed by atoms with Crippen molar-refractivity contribution in [3.8, 4) is 0 Å². The summed E-state index contributed by atoms with van der Waals surface area (Å²) in [6.45, 7) is 7.60. The van der Waals surface area contributed by atoms with Crippen LogP contribution in [0.25, 0.3) is 0 Å². The zero-order chi connectivity index (χ0) is 15.6. The highest BCUT2D eigenvalue weighted by Gasteiger charge is 2.32. The van der Waals surface area contributed by atoms with Crippen LogP contribution in [0.1, 0.15) is 16.7 Å². The zero-order valence-corrected chi connectivity index (χ0v) is 14.0. The molecule has 0 bridgehead atoms. The molecule has 1 fully saturated rings. The largest absolute Gasteiger partial charge is 0.374 e. The fourth-order valence-corrected chi connectivity index (χ4v) is 4.83. The maximum absolute atomic E-state index is 12.9. The molecule has 0 spiro atoms. The van der Waals surface area contributed by atoms with Gasteiger partial charge < -0.3 is 10.1 Å². The summed E-state index contributed by atoms with van der Waals surface area (Å²) in [6, 6.07) is 3.84. The van der Waals surface area contributed by atoms with Crippen LogP contribution in [0, 0.1) is 20.8 Å². The number of sulfonamides is 1. The molecular formula is C15H24N2O3S. The molecule has 1 aliphatic rings. The van der Waals surface area contributed by atoms with Crippen molar-refractivity contribution < 1.29 is 13.2 Å². The van der Waals surface area contributed by atoms with E-state index in [1.54, 1.807) is 4.31 Å². The molecule has 21 heavy (non-hydrogen) atoms. The molecular weight excluding hydrogens is 288 g/mol. The van der Waals surface area contributed by atoms with E-state index < -0.39 is 10.0 Å². The summed E-state index contributed by atoms with van der Waals surface area (Å²) < 4.78 is 33.0. The zero-order valence-electron chi connectivity index (χ0n) is 13.1. The van der Waals surface area contributed by atoms with Crippen molar-refractivity contribution in [2.45, 2.75) is 31.8 Å². The van der Waals surface area contributed by atoms with Crippen LogP contribution in [0.15, 0.2) is 17.0 Å². The lowest BCUT2D eigenvalue weighted by Crippen LogP contribution is -2.48. The SMILES string of the molecule is CNCC1CN(S(=O)(=O)c2c(C)cc(C)cc2C)CCO1. The molecule has 1 unspecified atom stereocenters. The fourth-order valence-electron chi connectivity index (χ4n) is 2.96. The monoisotopic (exact) mass is 312 g/mol. The highest BCUT2D eigenvalue weighted by Crippen LogP contribution is 2.26. The summed E-state index contributed by atoms with van der Waals surface area (Å²) in [6.07, 6.45) is -0.0930. The highest BCUT2D eigenvalue weighted by atomic mass is 32.2. The van der Waals surface area contributed by atoms with Crippen LogP contribution in [0.5, 0.6) is 0 Å². The summed E-state index contributed by atoms with van der Waals surface area (Å²) in [5, 5.41) is 3.03. The van der Waals surface area contributed by atoms with Crippen molar-refractivity contribution in [1.82, 2.24) is 9.62 Å². The Bertz CT molecular complexity index is 588. The standard InChI is InChI=1S/C15H24N2O3S/c1-11-7-12(2)15(13(3)8-11)21(18,19)17-5-6-20-14(10-17)9-16-4/h7-8,14,16H,5-6,9-10H2,1-4H3. The maximum atomic E-state index is 12.9. The molecule has 0 aliphatic carbocycles. The van der Waals surface area contributed by atoms with Crippen LogP contribution in [-0.2, 0) is 14.8 Å². The molecule has 2 rings (SSSR count). The van der Waals surface area contributed by atoms with Gasteiger partial charge in [0.1, 0.15) is 0 Å². The van der Waals surface area contributed by atoms with Gasteiger partial charge in [-0.3, -0.25) is 0 Å². The van der Waals surface area contributed by atoms with Gasteiger partial charge >= 0.3 is 0 Å². The van der Waals surface area contributed by atoms with E-state index in [2.05, 4.69) is 5.32 Å². The average Bonchev–Trinajstić information content (AvgIpc) is 2.37. The Morgan fingerprint density at radius 3 is 2.48 bits per heavy atom. The van der Waals surface area contributed by atoms with Gasteiger partial charge in [0.15, 0.2) is 0 Å². The molecule has 0 aromatic heterocycles. The number of aryl methyl sites for hydroxylation is 3. The first-order valence-corrected chi connectivity index (χ1v) is 8.64. The van der Waals surface area contributed by atoms with Crippen LogP contribution in [-0.4, -0.2) is 52.1 Å². The number of morpholine rings is 1. The molecule has 1 heterocycles. The summed E-state index contributed by atoms with van der Waals surface area (Å²) >= 11 is 0. The Balaban J connectivity index is 2.34. The Hall–Kier alpha value is -0.950. The van der Waals surface area contributed by atoms with Crippen LogP contribution >= 0.6 is 0 Å². The van der Waals surface area contributed by atoms with Gasteiger partial charge in [0.25, 0.3) is 0 Å². The minimum absolute atomic E-state index is 0.0930. The summed E-state index contributed by atoms with van der Waals surface area (Å²) in [4.78, 5) is 0.443. The van der Waals surface area contributed by atoms with Crippen LogP contribution in [0.4, 0.5) is 0 Å². The number of ether oxygens (including phenoxy) is 1. The van der Waals surface area contributed by atoms with Crippen LogP contribution < -0.4 is 5.32 Å². The number of benzene rings is 1. The van der Waals surface area contributed by atoms with Crippen molar-refractivity contribution in [2.24, 2.45) is 0 Å². The van der Waals surface area contributed by atoms with Gasteiger partial charge in [-0.25, -0.2) is 8.42 Å². The lowest BCUT2D eigenvalue weighted by Gasteiger charge is -2.32. The Kier molecular flexibility index (Phi) is 5.03. The van der Waals surface area contributed by atoms with E-state index in [4.69, 9.17) is 4.74 Å². The first kappa shape index (κ1) is 16.4. The third-order valence-electron chi connectivity index (χ3n) is 3.74. The minimum Gasteiger partial charge on any atom is -0.374 e. The molecule has 1 aromatic carbocycles. The quantitative estimate of drug-likeness (QED) is 0.908. The van der Waals surface area contributed by atoms with E-state index >= 15 is 0 Å². The first-order chi connectivity index (χ1) is 9.86. The van der Waals surface area contributed by atoms with Gasteiger partial charge in [-0.05, 0) is 38.9 Å². The van der Waals surface area contributed by atoms with E-state index in [-0.39, 0.29) is 6.10 Å². The smallest absolute Gasteiger partial charge is 0.243 e. The first-order valence-electron chi connectivity index (χ1n) is 7.20. The predicted octanol–water partition coefficient (Wildman–Crippen LogP) is 1.22. The second kappa shape index (κ2) is 6.44. The van der Waals surface area contributed by atoms with Gasteiger partial charge in [-0.1, -0.05) is 17.7 Å². The highest BCUT2D eigenvalue weighted by molar-refractivity contribution is 7.89. The fraction of sp³-hybridized carbons (Fsp3) is 0.600. The van der Waals surface area contributed by atoms with E-state index in [9.17, 15) is 8.42 Å². The Morgan fingerprint density at radius 2 is 1.90 bits per heavy atom. The van der Waals surface area contributed by atoms with Gasteiger partial charge in [0.05, 0.1) is 17.6 Å². The van der Waals surface area contributed by atoms with E-state index in [0.29, 0.717) is 31.1 Å². The molecule has 0 amide bonds. The van der Waals surface area contributed by atoms with Crippen molar-refractivity contribution in [2.75, 3.05) is 33.3 Å². The molecule has 6 heteroatoms. The third-order valence-corrected chi connectivity index (χ3v) is 5.91. The van der Waals surface area contributed by atoms with Gasteiger partial charge in [-0.2, -0.15) is 4.31 Å². The lowest BCUT2D eigenvalue weighted by atomic mass is 10.1. The molecule has 1 saturated heterocycles. The van der Waals surface area contributed by atoms with Crippen molar-refractivity contribution in [3.63, 3.8) is 0 Å². The molecule has 5 nitrogen and oxygen atoms in total. The Morgan fingerprint density at radius 1 is 1.29 bits per heavy atom. The van der Waals surface area contributed by atoms with Crippen LogP contribution in [0.3, 0.4) is 0 Å². The van der Waals surface area contributed by atoms with E-state index in [0.717, 1.165) is 16.7 Å². The molecule has 0 saturated carbocycles. The predicted molar refractivity (Wildman–Crippen MR) is 83.1 cm³/mol. The van der Waals surface area contributed by atoms with Crippen molar-refractivity contribution in [1.29, 1.82) is 0 Å². The van der Waals surface area contributed by atoms with E-state index in [1.807, 2.05) is 40.0 Å².